The molecule has 278 valence electrons. The van der Waals surface area contributed by atoms with Crippen LogP contribution in [0.1, 0.15) is 16.0 Å². The fourth-order valence-electron chi connectivity index (χ4n) is 8.34. The number of fused-ring (bicyclic) bond motifs is 4. The molecule has 0 spiro atoms. The van der Waals surface area contributed by atoms with Gasteiger partial charge < -0.3 is 9.47 Å². The minimum Gasteiger partial charge on any atom is -0.311 e. The molecule has 0 aliphatic rings. The van der Waals surface area contributed by atoms with Gasteiger partial charge in [0.25, 0.3) is 0 Å². The molecule has 10 aromatic rings. The van der Waals surface area contributed by atoms with E-state index in [-0.39, 0.29) is 0 Å². The van der Waals surface area contributed by atoms with Gasteiger partial charge in [-0.05, 0) is 118 Å². The Morgan fingerprint density at radius 3 is 1.69 bits per heavy atom. The molecule has 0 saturated heterocycles. The lowest BCUT2D eigenvalue weighted by molar-refractivity contribution is 1.18. The van der Waals surface area contributed by atoms with Gasteiger partial charge >= 0.3 is 0 Å². The van der Waals surface area contributed by atoms with Crippen molar-refractivity contribution in [1.82, 2.24) is 4.57 Å². The summed E-state index contributed by atoms with van der Waals surface area (Å²) in [6.07, 6.45) is 3.86. The summed E-state index contributed by atoms with van der Waals surface area (Å²) >= 11 is 1.76. The van der Waals surface area contributed by atoms with Crippen molar-refractivity contribution in [1.29, 1.82) is 5.26 Å². The van der Waals surface area contributed by atoms with Crippen LogP contribution in [0, 0.1) is 11.3 Å². The molecule has 10 rings (SSSR count). The second kappa shape index (κ2) is 15.0. The van der Waals surface area contributed by atoms with E-state index in [1.165, 1.54) is 37.5 Å². The number of aromatic nitrogens is 1. The molecule has 59 heavy (non-hydrogen) atoms. The van der Waals surface area contributed by atoms with Crippen LogP contribution in [0.4, 0.5) is 17.1 Å². The maximum absolute atomic E-state index is 9.39. The quantitative estimate of drug-likeness (QED) is 0.146. The highest BCUT2D eigenvalue weighted by Crippen LogP contribution is 2.42. The smallest absolute Gasteiger partial charge is 0.0991 e. The van der Waals surface area contributed by atoms with E-state index in [2.05, 4.69) is 192 Å². The summed E-state index contributed by atoms with van der Waals surface area (Å²) in [5.41, 5.74) is 15.3. The Hall–Kier alpha value is -7.71. The Morgan fingerprint density at radius 1 is 0.492 bits per heavy atom. The van der Waals surface area contributed by atoms with Gasteiger partial charge in [0.05, 0.1) is 22.7 Å². The molecular formula is C55H37N3S. The van der Waals surface area contributed by atoms with Gasteiger partial charge in [0.15, 0.2) is 0 Å². The van der Waals surface area contributed by atoms with Gasteiger partial charge in [-0.15, -0.1) is 11.3 Å². The van der Waals surface area contributed by atoms with Crippen LogP contribution in [-0.4, -0.2) is 4.57 Å². The number of benzene rings is 8. The van der Waals surface area contributed by atoms with Crippen LogP contribution >= 0.6 is 11.3 Å². The summed E-state index contributed by atoms with van der Waals surface area (Å²) in [4.78, 5) is 3.47. The van der Waals surface area contributed by atoms with Gasteiger partial charge in [-0.2, -0.15) is 5.26 Å². The summed E-state index contributed by atoms with van der Waals surface area (Å²) in [5.74, 6) is 0. The molecule has 0 radical (unpaired) electrons. The van der Waals surface area contributed by atoms with Crippen molar-refractivity contribution in [3.8, 4) is 45.1 Å². The van der Waals surface area contributed by atoms with Crippen LogP contribution in [-0.2, 0) is 0 Å². The van der Waals surface area contributed by atoms with E-state index in [1.807, 2.05) is 36.4 Å². The second-order valence-corrected chi connectivity index (χ2v) is 15.6. The number of anilines is 3. The monoisotopic (exact) mass is 771 g/mol. The van der Waals surface area contributed by atoms with Gasteiger partial charge in [0, 0.05) is 48.5 Å². The van der Waals surface area contributed by atoms with E-state index in [9.17, 15) is 5.26 Å². The highest BCUT2D eigenvalue weighted by Gasteiger charge is 2.17. The normalized spacial score (nSPS) is 11.2. The molecule has 0 N–H and O–H groups in total. The predicted molar refractivity (Wildman–Crippen MR) is 252 cm³/mol. The van der Waals surface area contributed by atoms with E-state index in [0.29, 0.717) is 5.56 Å². The Morgan fingerprint density at radius 2 is 1.05 bits per heavy atom. The largest absolute Gasteiger partial charge is 0.311 e. The first-order valence-electron chi connectivity index (χ1n) is 19.6. The lowest BCUT2D eigenvalue weighted by Gasteiger charge is -2.26. The molecule has 0 aliphatic heterocycles. The van der Waals surface area contributed by atoms with Gasteiger partial charge in [0.2, 0.25) is 0 Å². The molecule has 4 heteroatoms. The van der Waals surface area contributed by atoms with Crippen molar-refractivity contribution in [2.24, 2.45) is 0 Å². The number of nitriles is 1. The predicted octanol–water partition coefficient (Wildman–Crippen LogP) is 15.6. The maximum atomic E-state index is 9.39. The summed E-state index contributed by atoms with van der Waals surface area (Å²) in [7, 11) is 0. The molecule has 0 aliphatic carbocycles. The number of para-hydroxylation sites is 1. The lowest BCUT2D eigenvalue weighted by Crippen LogP contribution is -2.09. The van der Waals surface area contributed by atoms with Crippen molar-refractivity contribution in [2.75, 3.05) is 4.90 Å². The SMILES string of the molecule is C=Cc1sc2c(-c3ccc(N(c4ccc(-c5ccccc5)cc4)c4ccc(-c5ccc6c(c5)c5ccccc5n6-c5ccc(C#N)cc5)cc4)cc3)cccc2c1C=C. The summed E-state index contributed by atoms with van der Waals surface area (Å²) in [6, 6.07) is 68.9. The molecule has 0 atom stereocenters. The maximum Gasteiger partial charge on any atom is 0.0991 e. The number of thiophene rings is 1. The summed E-state index contributed by atoms with van der Waals surface area (Å²) in [6.45, 7) is 8.14. The highest BCUT2D eigenvalue weighted by molar-refractivity contribution is 7.20. The summed E-state index contributed by atoms with van der Waals surface area (Å²) < 4.78 is 3.52. The van der Waals surface area contributed by atoms with Crippen molar-refractivity contribution >= 4 is 72.4 Å². The third-order valence-corrected chi connectivity index (χ3v) is 12.5. The molecule has 2 heterocycles. The minimum absolute atomic E-state index is 0.650. The number of nitrogens with zero attached hydrogens (tertiary/aromatic N) is 3. The second-order valence-electron chi connectivity index (χ2n) is 14.6. The van der Waals surface area contributed by atoms with Crippen LogP contribution in [0.25, 0.3) is 83.1 Å². The number of hydrogen-bond donors (Lipinski definition) is 0. The molecule has 2 aromatic heterocycles. The summed E-state index contributed by atoms with van der Waals surface area (Å²) in [5, 5.41) is 13.0. The number of rotatable bonds is 9. The zero-order valence-corrected chi connectivity index (χ0v) is 33.0. The number of hydrogen-bond acceptors (Lipinski definition) is 3. The van der Waals surface area contributed by atoms with Gasteiger partial charge in [-0.25, -0.2) is 0 Å². The van der Waals surface area contributed by atoms with E-state index >= 15 is 0 Å². The fraction of sp³-hybridized carbons (Fsp3) is 0. The van der Waals surface area contributed by atoms with Gasteiger partial charge in [-0.3, -0.25) is 0 Å². The first-order chi connectivity index (χ1) is 29.1. The molecule has 8 aromatic carbocycles. The Bertz CT molecular complexity index is 3220. The topological polar surface area (TPSA) is 32.0 Å². The average molecular weight is 772 g/mol. The van der Waals surface area contributed by atoms with Gasteiger partial charge in [0.1, 0.15) is 0 Å². The Kier molecular flexibility index (Phi) is 9.07. The van der Waals surface area contributed by atoms with E-state index in [1.54, 1.807) is 11.3 Å². The third kappa shape index (κ3) is 6.31. The molecular weight excluding hydrogens is 735 g/mol. The van der Waals surface area contributed by atoms with Crippen molar-refractivity contribution in [3.05, 3.63) is 217 Å². The van der Waals surface area contributed by atoms with Crippen LogP contribution in [0.2, 0.25) is 0 Å². The first-order valence-corrected chi connectivity index (χ1v) is 20.4. The zero-order chi connectivity index (χ0) is 39.9. The average Bonchev–Trinajstić information content (AvgIpc) is 3.85. The van der Waals surface area contributed by atoms with Crippen LogP contribution in [0.15, 0.2) is 201 Å². The van der Waals surface area contributed by atoms with Crippen molar-refractivity contribution < 1.29 is 0 Å². The standard InChI is InChI=1S/C55H37N3S/c1-3-47-50-15-10-14-48(55(50)59-54(47)4-2)41-23-32-45(33-24-41)57(43-28-19-39(20-29-43)38-11-6-5-7-12-38)44-30-21-40(22-31-44)42-25-34-53-51(35-42)49-13-8-9-16-52(49)58(53)46-26-17-37(36-56)18-27-46/h3-35H,1-2H2. The molecule has 3 nitrogen and oxygen atoms in total. The van der Waals surface area contributed by atoms with Gasteiger partial charge in [-0.1, -0.05) is 135 Å². The van der Waals surface area contributed by atoms with Crippen LogP contribution < -0.4 is 4.90 Å². The van der Waals surface area contributed by atoms with Crippen molar-refractivity contribution in [2.45, 2.75) is 0 Å². The Balaban J connectivity index is 1.03. The van der Waals surface area contributed by atoms with Crippen LogP contribution in [0.3, 0.4) is 0 Å². The first kappa shape index (κ1) is 35.7. The van der Waals surface area contributed by atoms with E-state index < -0.39 is 0 Å². The van der Waals surface area contributed by atoms with Crippen molar-refractivity contribution in [3.63, 3.8) is 0 Å². The molecule has 0 amide bonds. The zero-order valence-electron chi connectivity index (χ0n) is 32.2. The van der Waals surface area contributed by atoms with E-state index in [0.717, 1.165) is 60.9 Å². The fourth-order valence-corrected chi connectivity index (χ4v) is 9.53. The highest BCUT2D eigenvalue weighted by atomic mass is 32.1. The lowest BCUT2D eigenvalue weighted by atomic mass is 10.0. The molecule has 0 fully saturated rings. The third-order valence-electron chi connectivity index (χ3n) is 11.2. The Labute approximate surface area is 347 Å². The molecule has 0 bridgehead atoms. The van der Waals surface area contributed by atoms with E-state index in [4.69, 9.17) is 0 Å². The minimum atomic E-state index is 0.650. The van der Waals surface area contributed by atoms with Crippen LogP contribution in [0.5, 0.6) is 0 Å². The molecule has 0 saturated carbocycles. The molecule has 0 unspecified atom stereocenters.